The van der Waals surface area contributed by atoms with E-state index >= 15 is 0 Å². The molecule has 0 saturated heterocycles. The predicted molar refractivity (Wildman–Crippen MR) is 61.8 cm³/mol. The van der Waals surface area contributed by atoms with Gasteiger partial charge in [-0.1, -0.05) is 16.8 Å². The molecule has 0 aliphatic carbocycles. The molecule has 1 N–H and O–H groups in total. The third-order valence-electron chi connectivity index (χ3n) is 2.18. The van der Waals surface area contributed by atoms with Crippen molar-refractivity contribution in [1.29, 1.82) is 0 Å². The first-order chi connectivity index (χ1) is 7.58. The molecule has 0 spiro atoms. The Balaban J connectivity index is 2.10. The topological polar surface area (TPSA) is 55.9 Å². The van der Waals surface area contributed by atoms with E-state index in [1.54, 1.807) is 17.7 Å². The van der Waals surface area contributed by atoms with Crippen LogP contribution >= 0.6 is 23.2 Å². The minimum atomic E-state index is 0.359. The maximum Gasteiger partial charge on any atom is 0.204 e. The first kappa shape index (κ1) is 11.3. The lowest BCUT2D eigenvalue weighted by Gasteiger charge is -2.03. The third kappa shape index (κ3) is 2.15. The number of halogens is 2. The van der Waals surface area contributed by atoms with Crippen molar-refractivity contribution < 1.29 is 4.52 Å². The highest BCUT2D eigenvalue weighted by atomic mass is 35.5. The zero-order valence-electron chi connectivity index (χ0n) is 8.79. The monoisotopic (exact) mass is 260 g/mol. The minimum absolute atomic E-state index is 0.359. The van der Waals surface area contributed by atoms with Gasteiger partial charge in [0.05, 0.1) is 12.2 Å². The Kier molecular flexibility index (Phi) is 3.07. The van der Waals surface area contributed by atoms with Crippen molar-refractivity contribution in [2.24, 2.45) is 7.05 Å². The highest BCUT2D eigenvalue weighted by Gasteiger charge is 2.11. The number of hydrogen-bond donors (Lipinski definition) is 1. The summed E-state index contributed by atoms with van der Waals surface area (Å²) in [5.74, 6) is 1.41. The van der Waals surface area contributed by atoms with E-state index in [4.69, 9.17) is 27.7 Å². The Morgan fingerprint density at radius 2 is 2.25 bits per heavy atom. The molecule has 0 aliphatic heterocycles. The fraction of sp³-hybridized carbons (Fsp3) is 0.333. The molecule has 0 unspecified atom stereocenters. The Bertz CT molecular complexity index is 506. The van der Waals surface area contributed by atoms with Gasteiger partial charge in [-0.15, -0.1) is 0 Å². The van der Waals surface area contributed by atoms with Gasteiger partial charge in [0.25, 0.3) is 0 Å². The fourth-order valence-corrected chi connectivity index (χ4v) is 1.79. The lowest BCUT2D eigenvalue weighted by atomic mass is 10.4. The van der Waals surface area contributed by atoms with E-state index in [9.17, 15) is 0 Å². The molecule has 0 radical (unpaired) electrons. The number of nitrogens with zero attached hydrogens (tertiary/aromatic N) is 3. The van der Waals surface area contributed by atoms with Crippen molar-refractivity contribution in [1.82, 2.24) is 14.7 Å². The van der Waals surface area contributed by atoms with Gasteiger partial charge in [-0.05, 0) is 18.5 Å². The first-order valence-corrected chi connectivity index (χ1v) is 5.37. The molecule has 2 rings (SSSR count). The molecule has 0 saturated carbocycles. The Morgan fingerprint density at radius 1 is 1.50 bits per heavy atom. The van der Waals surface area contributed by atoms with Gasteiger partial charge in [0.2, 0.25) is 5.28 Å². The fourth-order valence-electron chi connectivity index (χ4n) is 1.29. The Hall–Kier alpha value is -1.20. The molecule has 16 heavy (non-hydrogen) atoms. The van der Waals surface area contributed by atoms with Crippen molar-refractivity contribution >= 4 is 29.0 Å². The van der Waals surface area contributed by atoms with Gasteiger partial charge in [-0.3, -0.25) is 0 Å². The average molecular weight is 261 g/mol. The van der Waals surface area contributed by atoms with Gasteiger partial charge < -0.3 is 14.4 Å². The van der Waals surface area contributed by atoms with Crippen LogP contribution in [0.2, 0.25) is 10.4 Å². The largest absolute Gasteiger partial charge is 0.362 e. The number of nitrogens with one attached hydrogen (secondary N) is 1. The number of aromatic nitrogens is 3. The molecule has 0 aliphatic rings. The first-order valence-electron chi connectivity index (χ1n) is 4.61. The van der Waals surface area contributed by atoms with Crippen LogP contribution in [0.5, 0.6) is 0 Å². The van der Waals surface area contributed by atoms with Gasteiger partial charge in [-0.2, -0.15) is 0 Å². The Labute approximate surface area is 102 Å². The summed E-state index contributed by atoms with van der Waals surface area (Å²) in [5, 5.41) is 7.62. The van der Waals surface area contributed by atoms with Crippen LogP contribution in [0.3, 0.4) is 0 Å². The van der Waals surface area contributed by atoms with Crippen LogP contribution in [0.4, 0.5) is 5.82 Å². The third-order valence-corrected chi connectivity index (χ3v) is 2.82. The van der Waals surface area contributed by atoms with E-state index in [2.05, 4.69) is 15.5 Å². The van der Waals surface area contributed by atoms with Crippen LogP contribution in [0, 0.1) is 6.92 Å². The number of anilines is 1. The van der Waals surface area contributed by atoms with Gasteiger partial charge >= 0.3 is 0 Å². The zero-order valence-corrected chi connectivity index (χ0v) is 10.3. The van der Waals surface area contributed by atoms with Crippen LogP contribution in [0.15, 0.2) is 10.6 Å². The van der Waals surface area contributed by atoms with Crippen LogP contribution in [-0.4, -0.2) is 14.7 Å². The molecule has 2 aromatic heterocycles. The summed E-state index contributed by atoms with van der Waals surface area (Å²) in [6, 6.07) is 1.80. The molecule has 7 heteroatoms. The molecule has 0 amide bonds. The number of rotatable bonds is 3. The SMILES string of the molecule is Cc1cc(NCc2c(Cl)nc(Cl)n2C)no1. The highest BCUT2D eigenvalue weighted by molar-refractivity contribution is 6.32. The van der Waals surface area contributed by atoms with Crippen molar-refractivity contribution in [3.05, 3.63) is 28.0 Å². The van der Waals surface area contributed by atoms with Gasteiger partial charge in [0.1, 0.15) is 5.76 Å². The predicted octanol–water partition coefficient (Wildman–Crippen LogP) is 2.64. The molecule has 0 bridgehead atoms. The van der Waals surface area contributed by atoms with E-state index in [-0.39, 0.29) is 0 Å². The minimum Gasteiger partial charge on any atom is -0.362 e. The number of aryl methyl sites for hydroxylation is 1. The summed E-state index contributed by atoms with van der Waals surface area (Å²) in [4.78, 5) is 3.94. The van der Waals surface area contributed by atoms with Crippen molar-refractivity contribution in [3.8, 4) is 0 Å². The second-order valence-corrected chi connectivity index (χ2v) is 4.05. The van der Waals surface area contributed by atoms with E-state index < -0.39 is 0 Å². The lowest BCUT2D eigenvalue weighted by molar-refractivity contribution is 0.399. The Morgan fingerprint density at radius 3 is 2.75 bits per heavy atom. The van der Waals surface area contributed by atoms with Crippen molar-refractivity contribution in [3.63, 3.8) is 0 Å². The summed E-state index contributed by atoms with van der Waals surface area (Å²) in [6.45, 7) is 2.31. The molecule has 5 nitrogen and oxygen atoms in total. The van der Waals surface area contributed by atoms with Crippen LogP contribution < -0.4 is 5.32 Å². The van der Waals surface area contributed by atoms with E-state index in [0.29, 0.717) is 22.8 Å². The molecule has 0 aromatic carbocycles. The van der Waals surface area contributed by atoms with Gasteiger partial charge in [-0.25, -0.2) is 4.98 Å². The summed E-state index contributed by atoms with van der Waals surface area (Å²) in [7, 11) is 1.80. The second-order valence-electron chi connectivity index (χ2n) is 3.35. The quantitative estimate of drug-likeness (QED) is 0.922. The van der Waals surface area contributed by atoms with Crippen LogP contribution in [-0.2, 0) is 13.6 Å². The summed E-state index contributed by atoms with van der Waals surface area (Å²) < 4.78 is 6.64. The molecular formula is C9H10Cl2N4O. The number of imidazole rings is 1. The van der Waals surface area contributed by atoms with Crippen LogP contribution in [0.1, 0.15) is 11.5 Å². The molecular weight excluding hydrogens is 251 g/mol. The van der Waals surface area contributed by atoms with E-state index in [1.165, 1.54) is 0 Å². The molecule has 86 valence electrons. The van der Waals surface area contributed by atoms with Crippen molar-refractivity contribution in [2.45, 2.75) is 13.5 Å². The summed E-state index contributed by atoms with van der Waals surface area (Å²) in [6.07, 6.45) is 0. The van der Waals surface area contributed by atoms with Gasteiger partial charge in [0.15, 0.2) is 11.0 Å². The highest BCUT2D eigenvalue weighted by Crippen LogP contribution is 2.20. The van der Waals surface area contributed by atoms with Gasteiger partial charge in [0, 0.05) is 13.1 Å². The molecule has 2 heterocycles. The summed E-state index contributed by atoms with van der Waals surface area (Å²) >= 11 is 11.7. The molecule has 0 fully saturated rings. The zero-order chi connectivity index (χ0) is 11.7. The standard InChI is InChI=1S/C9H10Cl2N4O/c1-5-3-7(14-16-5)12-4-6-8(10)13-9(11)15(6)2/h3H,4H2,1-2H3,(H,12,14). The number of hydrogen-bond acceptors (Lipinski definition) is 4. The second kappa shape index (κ2) is 4.35. The van der Waals surface area contributed by atoms with E-state index in [1.807, 2.05) is 6.92 Å². The molecule has 0 atom stereocenters. The molecule has 2 aromatic rings. The van der Waals surface area contributed by atoms with Crippen LogP contribution in [0.25, 0.3) is 0 Å². The maximum absolute atomic E-state index is 5.92. The summed E-state index contributed by atoms with van der Waals surface area (Å²) in [5.41, 5.74) is 0.798. The average Bonchev–Trinajstić information content (AvgIpc) is 2.72. The normalized spacial score (nSPS) is 10.8. The van der Waals surface area contributed by atoms with E-state index in [0.717, 1.165) is 11.5 Å². The lowest BCUT2D eigenvalue weighted by Crippen LogP contribution is -2.05. The maximum atomic E-state index is 5.92. The van der Waals surface area contributed by atoms with Crippen molar-refractivity contribution in [2.75, 3.05) is 5.32 Å². The smallest absolute Gasteiger partial charge is 0.204 e.